The maximum atomic E-state index is 12.7. The number of nitrogens with zero attached hydrogens (tertiary/aromatic N) is 3. The molecule has 0 unspecified atom stereocenters. The quantitative estimate of drug-likeness (QED) is 0.198. The summed E-state index contributed by atoms with van der Waals surface area (Å²) in [6.45, 7) is 4.41. The fraction of sp³-hybridized carbons (Fsp3) is 0.231. The van der Waals surface area contributed by atoms with E-state index in [4.69, 9.17) is 24.4 Å². The Balaban J connectivity index is 1.56. The summed E-state index contributed by atoms with van der Waals surface area (Å²) in [5.74, 6) is 1.88. The van der Waals surface area contributed by atoms with Crippen molar-refractivity contribution in [1.29, 1.82) is 5.41 Å². The number of para-hydroxylation sites is 2. The Kier molecular flexibility index (Phi) is 8.57. The number of rotatable bonds is 10. The number of thioether (sulfide) groups is 1. The Bertz CT molecular complexity index is 1320. The number of benzene rings is 2. The van der Waals surface area contributed by atoms with Crippen molar-refractivity contribution in [2.24, 2.45) is 9.39 Å². The third kappa shape index (κ3) is 5.67. The van der Waals surface area contributed by atoms with Gasteiger partial charge < -0.3 is 18.9 Å². The topological polar surface area (TPSA) is 106 Å². The third-order valence-corrected chi connectivity index (χ3v) is 6.84. The van der Waals surface area contributed by atoms with Crippen molar-refractivity contribution in [3.05, 3.63) is 65.8 Å². The Labute approximate surface area is 223 Å². The van der Waals surface area contributed by atoms with E-state index in [9.17, 15) is 4.79 Å². The molecule has 0 spiro atoms. The Hall–Kier alpha value is -3.70. The van der Waals surface area contributed by atoms with Gasteiger partial charge in [-0.05, 0) is 48.6 Å². The van der Waals surface area contributed by atoms with Crippen LogP contribution in [0.3, 0.4) is 0 Å². The van der Waals surface area contributed by atoms with E-state index in [-0.39, 0.29) is 18.0 Å². The van der Waals surface area contributed by atoms with Crippen molar-refractivity contribution in [2.45, 2.75) is 6.42 Å². The summed E-state index contributed by atoms with van der Waals surface area (Å²) >= 11 is 2.48. The van der Waals surface area contributed by atoms with Gasteiger partial charge in [0.1, 0.15) is 19.0 Å². The van der Waals surface area contributed by atoms with Gasteiger partial charge in [-0.15, -0.1) is 6.58 Å². The van der Waals surface area contributed by atoms with E-state index in [1.54, 1.807) is 37.3 Å². The summed E-state index contributed by atoms with van der Waals surface area (Å²) in [5.41, 5.74) is 1.66. The van der Waals surface area contributed by atoms with Gasteiger partial charge in [0.2, 0.25) is 5.17 Å². The summed E-state index contributed by atoms with van der Waals surface area (Å²) in [5, 5.41) is 9.63. The molecule has 0 atom stereocenters. The predicted octanol–water partition coefficient (Wildman–Crippen LogP) is 4.83. The normalized spacial score (nSPS) is 15.8. The van der Waals surface area contributed by atoms with Gasteiger partial charge in [0.05, 0.1) is 31.7 Å². The van der Waals surface area contributed by atoms with Crippen molar-refractivity contribution >= 4 is 51.9 Å². The first kappa shape index (κ1) is 26.4. The van der Waals surface area contributed by atoms with Crippen LogP contribution in [0.4, 0.5) is 0 Å². The first-order valence-electron chi connectivity index (χ1n) is 11.2. The molecular weight excluding hydrogens is 512 g/mol. The molecule has 4 rings (SSSR count). The number of amides is 1. The zero-order chi connectivity index (χ0) is 26.4. The van der Waals surface area contributed by atoms with Gasteiger partial charge in [-0.2, -0.15) is 9.39 Å². The number of allylic oxidation sites excluding steroid dienone is 1. The van der Waals surface area contributed by atoms with Gasteiger partial charge in [0, 0.05) is 5.56 Å². The van der Waals surface area contributed by atoms with Crippen molar-refractivity contribution < 1.29 is 23.7 Å². The second-order valence-corrected chi connectivity index (χ2v) is 9.17. The van der Waals surface area contributed by atoms with Crippen LogP contribution in [0.15, 0.2) is 64.0 Å². The van der Waals surface area contributed by atoms with E-state index in [1.807, 2.05) is 36.6 Å². The van der Waals surface area contributed by atoms with E-state index >= 15 is 0 Å². The molecule has 37 heavy (non-hydrogen) atoms. The number of methoxy groups -OCH3 is 2. The number of carbonyl (C=O) groups is 1. The first-order chi connectivity index (χ1) is 18.0. The van der Waals surface area contributed by atoms with Crippen LogP contribution in [0.2, 0.25) is 0 Å². The summed E-state index contributed by atoms with van der Waals surface area (Å²) in [6, 6.07) is 11.1. The fourth-order valence-electron chi connectivity index (χ4n) is 3.72. The second kappa shape index (κ2) is 12.0. The molecule has 1 amide bonds. The van der Waals surface area contributed by atoms with Crippen LogP contribution in [0.1, 0.15) is 11.1 Å². The van der Waals surface area contributed by atoms with Crippen molar-refractivity contribution in [2.75, 3.05) is 33.7 Å². The van der Waals surface area contributed by atoms with Gasteiger partial charge in [0.15, 0.2) is 28.2 Å². The molecule has 2 aliphatic heterocycles. The van der Waals surface area contributed by atoms with Gasteiger partial charge in [0.25, 0.3) is 5.91 Å². The minimum Gasteiger partial charge on any atom is -0.493 e. The monoisotopic (exact) mass is 538 g/mol. The Morgan fingerprint density at radius 2 is 1.84 bits per heavy atom. The Morgan fingerprint density at radius 3 is 2.54 bits per heavy atom. The molecule has 1 N–H and O–H groups in total. The average Bonchev–Trinajstić information content (AvgIpc) is 3.32. The highest BCUT2D eigenvalue weighted by Gasteiger charge is 2.37. The molecule has 2 aliphatic rings. The first-order valence-corrected chi connectivity index (χ1v) is 13.2. The number of carbonyl (C=O) groups excluding carboxylic acids is 1. The van der Waals surface area contributed by atoms with Crippen molar-refractivity contribution in [1.82, 2.24) is 4.90 Å². The molecule has 0 aromatic heterocycles. The van der Waals surface area contributed by atoms with E-state index in [0.29, 0.717) is 51.9 Å². The lowest BCUT2D eigenvalue weighted by molar-refractivity contribution is -0.114. The highest BCUT2D eigenvalue weighted by Crippen LogP contribution is 2.36. The molecule has 2 aromatic rings. The van der Waals surface area contributed by atoms with Gasteiger partial charge in [-0.3, -0.25) is 10.2 Å². The zero-order valence-corrected chi connectivity index (χ0v) is 22.3. The molecule has 0 radical (unpaired) electrons. The number of fused-ring (bicyclic) bond motifs is 1. The summed E-state index contributed by atoms with van der Waals surface area (Å²) in [6.07, 6.45) is 5.77. The number of nitrogens with one attached hydrogen (secondary N) is 1. The minimum atomic E-state index is -0.487. The van der Waals surface area contributed by atoms with Crippen LogP contribution < -0.4 is 18.9 Å². The molecule has 192 valence electrons. The SMILES string of the molecule is C=CCc1cc(/C=C2/C(=N)N3C(SC)=NSC3=NC2=O)cc(OC)c1OCCOc1ccccc1OC. The van der Waals surface area contributed by atoms with Crippen LogP contribution in [-0.2, 0) is 11.2 Å². The van der Waals surface area contributed by atoms with Crippen LogP contribution in [0.5, 0.6) is 23.0 Å². The molecule has 9 nitrogen and oxygen atoms in total. The lowest BCUT2D eigenvalue weighted by atomic mass is 10.0. The fourth-order valence-corrected chi connectivity index (χ4v) is 5.17. The number of hydrogen-bond acceptors (Lipinski definition) is 9. The van der Waals surface area contributed by atoms with E-state index in [2.05, 4.69) is 16.0 Å². The van der Waals surface area contributed by atoms with Gasteiger partial charge in [-0.25, -0.2) is 4.90 Å². The molecule has 0 aliphatic carbocycles. The number of aliphatic imine (C=N–C) groups is 1. The summed E-state index contributed by atoms with van der Waals surface area (Å²) < 4.78 is 27.1. The van der Waals surface area contributed by atoms with Crippen LogP contribution >= 0.6 is 23.7 Å². The van der Waals surface area contributed by atoms with Crippen LogP contribution in [-0.4, -0.2) is 60.7 Å². The highest BCUT2D eigenvalue weighted by molar-refractivity contribution is 8.18. The number of amidine groups is 3. The molecule has 0 saturated carbocycles. The van der Waals surface area contributed by atoms with E-state index in [1.165, 1.54) is 11.8 Å². The van der Waals surface area contributed by atoms with E-state index < -0.39 is 5.91 Å². The molecule has 0 bridgehead atoms. The second-order valence-electron chi connectivity index (χ2n) is 7.66. The maximum Gasteiger partial charge on any atom is 0.283 e. The maximum absolute atomic E-state index is 12.7. The summed E-state index contributed by atoms with van der Waals surface area (Å²) in [4.78, 5) is 18.4. The van der Waals surface area contributed by atoms with Gasteiger partial charge in [-0.1, -0.05) is 30.0 Å². The molecule has 2 heterocycles. The zero-order valence-electron chi connectivity index (χ0n) is 20.6. The lowest BCUT2D eigenvalue weighted by Crippen LogP contribution is -2.41. The largest absolute Gasteiger partial charge is 0.493 e. The highest BCUT2D eigenvalue weighted by atomic mass is 32.2. The number of hydrogen-bond donors (Lipinski definition) is 1. The summed E-state index contributed by atoms with van der Waals surface area (Å²) in [7, 11) is 3.14. The Morgan fingerprint density at radius 1 is 1.11 bits per heavy atom. The molecule has 0 fully saturated rings. The van der Waals surface area contributed by atoms with Crippen LogP contribution in [0.25, 0.3) is 6.08 Å². The molecular formula is C26H26N4O5S2. The minimum absolute atomic E-state index is 0.0335. The van der Waals surface area contributed by atoms with E-state index in [0.717, 1.165) is 17.5 Å². The third-order valence-electron chi connectivity index (χ3n) is 5.38. The van der Waals surface area contributed by atoms with Crippen molar-refractivity contribution in [3.63, 3.8) is 0 Å². The molecule has 0 saturated heterocycles. The number of ether oxygens (including phenoxy) is 4. The molecule has 2 aromatic carbocycles. The predicted molar refractivity (Wildman–Crippen MR) is 149 cm³/mol. The van der Waals surface area contributed by atoms with Crippen LogP contribution in [0, 0.1) is 5.41 Å². The lowest BCUT2D eigenvalue weighted by Gasteiger charge is -2.24. The molecule has 11 heteroatoms. The van der Waals surface area contributed by atoms with Gasteiger partial charge >= 0.3 is 0 Å². The average molecular weight is 539 g/mol. The smallest absolute Gasteiger partial charge is 0.283 e. The standard InChI is InChI=1S/C26H26N4O5S2/c1-5-8-17-13-16(14-18-23(27)30-25(28-24(18)31)37-29-26(30)36-4)15-21(33-3)22(17)35-12-11-34-20-10-7-6-9-19(20)32-2/h5-7,9-10,13-15,27H,1,8,11-12H2,2-4H3/b18-14-,27-23?. The van der Waals surface area contributed by atoms with Crippen molar-refractivity contribution in [3.8, 4) is 23.0 Å².